The summed E-state index contributed by atoms with van der Waals surface area (Å²) in [6.07, 6.45) is 7.17. The van der Waals surface area contributed by atoms with Crippen molar-refractivity contribution in [1.29, 1.82) is 0 Å². The number of halogens is 1. The van der Waals surface area contributed by atoms with E-state index in [4.69, 9.17) is 5.73 Å². The van der Waals surface area contributed by atoms with Gasteiger partial charge in [-0.25, -0.2) is 4.39 Å². The molecule has 0 aromatic heterocycles. The molecule has 1 aromatic carbocycles. The Morgan fingerprint density at radius 2 is 2.08 bits per heavy atom. The Bertz CT molecular complexity index is 583. The second kappa shape index (κ2) is 7.22. The first kappa shape index (κ1) is 17.4. The molecule has 0 radical (unpaired) electrons. The van der Waals surface area contributed by atoms with Gasteiger partial charge in [-0.3, -0.25) is 4.79 Å². The first-order valence-electron chi connectivity index (χ1n) is 9.28. The van der Waals surface area contributed by atoms with Crippen LogP contribution >= 0.6 is 0 Å². The van der Waals surface area contributed by atoms with Gasteiger partial charge in [0.15, 0.2) is 0 Å². The molecule has 2 atom stereocenters. The molecule has 4 heteroatoms. The Kier molecular flexibility index (Phi) is 5.24. The van der Waals surface area contributed by atoms with Crippen LogP contribution in [-0.2, 0) is 4.79 Å². The SMILES string of the molecule is CC1CC(c2cccc(F)c2)N(C(=O)CC2(CN)CCCCC2)C1. The van der Waals surface area contributed by atoms with E-state index in [1.807, 2.05) is 11.0 Å². The van der Waals surface area contributed by atoms with Crippen LogP contribution in [0.15, 0.2) is 24.3 Å². The van der Waals surface area contributed by atoms with Crippen molar-refractivity contribution >= 4 is 5.91 Å². The van der Waals surface area contributed by atoms with Gasteiger partial charge in [0.25, 0.3) is 0 Å². The average Bonchev–Trinajstić information content (AvgIpc) is 2.98. The van der Waals surface area contributed by atoms with Gasteiger partial charge in [-0.2, -0.15) is 0 Å². The van der Waals surface area contributed by atoms with E-state index in [1.165, 1.54) is 25.3 Å². The summed E-state index contributed by atoms with van der Waals surface area (Å²) in [5.41, 5.74) is 6.95. The maximum atomic E-state index is 13.6. The number of hydrogen-bond donors (Lipinski definition) is 1. The lowest BCUT2D eigenvalue weighted by atomic mass is 9.71. The Labute approximate surface area is 144 Å². The van der Waals surface area contributed by atoms with E-state index in [2.05, 4.69) is 6.92 Å². The molecule has 3 nitrogen and oxygen atoms in total. The van der Waals surface area contributed by atoms with Crippen LogP contribution in [0, 0.1) is 17.2 Å². The number of rotatable bonds is 4. The molecule has 1 aromatic rings. The Morgan fingerprint density at radius 3 is 2.75 bits per heavy atom. The number of nitrogens with two attached hydrogens (primary N) is 1. The molecule has 132 valence electrons. The topological polar surface area (TPSA) is 46.3 Å². The zero-order chi connectivity index (χ0) is 17.2. The normalized spacial score (nSPS) is 26.5. The Hall–Kier alpha value is -1.42. The predicted molar refractivity (Wildman–Crippen MR) is 93.8 cm³/mol. The zero-order valence-electron chi connectivity index (χ0n) is 14.6. The van der Waals surface area contributed by atoms with Gasteiger partial charge in [0.2, 0.25) is 5.91 Å². The van der Waals surface area contributed by atoms with Crippen molar-refractivity contribution in [3.8, 4) is 0 Å². The summed E-state index contributed by atoms with van der Waals surface area (Å²) in [6.45, 7) is 3.52. The highest BCUT2D eigenvalue weighted by Crippen LogP contribution is 2.42. The van der Waals surface area contributed by atoms with Crippen LogP contribution in [0.1, 0.15) is 63.5 Å². The van der Waals surface area contributed by atoms with Crippen molar-refractivity contribution in [3.05, 3.63) is 35.6 Å². The Morgan fingerprint density at radius 1 is 1.33 bits per heavy atom. The molecule has 3 rings (SSSR count). The number of amides is 1. The minimum atomic E-state index is -0.231. The molecule has 0 bridgehead atoms. The lowest BCUT2D eigenvalue weighted by molar-refractivity contribution is -0.135. The molecule has 2 fully saturated rings. The standard InChI is InChI=1S/C20H29FN2O/c1-15-10-18(16-6-5-7-17(21)11-16)23(13-15)19(24)12-20(14-22)8-3-2-4-9-20/h5-7,11,15,18H,2-4,8-10,12-14,22H2,1H3. The lowest BCUT2D eigenvalue weighted by Gasteiger charge is -2.37. The molecule has 1 aliphatic carbocycles. The summed E-state index contributed by atoms with van der Waals surface area (Å²) in [4.78, 5) is 15.0. The van der Waals surface area contributed by atoms with Gasteiger partial charge in [0.05, 0.1) is 6.04 Å². The van der Waals surface area contributed by atoms with E-state index in [-0.39, 0.29) is 23.2 Å². The maximum absolute atomic E-state index is 13.6. The molecule has 0 spiro atoms. The average molecular weight is 332 g/mol. The number of carbonyl (C=O) groups is 1. The monoisotopic (exact) mass is 332 g/mol. The fourth-order valence-corrected chi connectivity index (χ4v) is 4.53. The van der Waals surface area contributed by atoms with Crippen LogP contribution < -0.4 is 5.73 Å². The van der Waals surface area contributed by atoms with Crippen LogP contribution in [0.2, 0.25) is 0 Å². The molecule has 2 N–H and O–H groups in total. The zero-order valence-corrected chi connectivity index (χ0v) is 14.6. The third-order valence-corrected chi connectivity index (χ3v) is 5.94. The third-order valence-electron chi connectivity index (χ3n) is 5.94. The Balaban J connectivity index is 1.77. The molecule has 2 unspecified atom stereocenters. The third kappa shape index (κ3) is 3.64. The second-order valence-corrected chi connectivity index (χ2v) is 7.90. The molecule has 1 saturated heterocycles. The predicted octanol–water partition coefficient (Wildman–Crippen LogP) is 4.03. The highest BCUT2D eigenvalue weighted by Gasteiger charge is 2.39. The van der Waals surface area contributed by atoms with E-state index in [0.29, 0.717) is 18.9 Å². The molecule has 2 aliphatic rings. The second-order valence-electron chi connectivity index (χ2n) is 7.90. The number of hydrogen-bond acceptors (Lipinski definition) is 2. The lowest BCUT2D eigenvalue weighted by Crippen LogP contribution is -2.40. The summed E-state index contributed by atoms with van der Waals surface area (Å²) < 4.78 is 13.6. The maximum Gasteiger partial charge on any atom is 0.223 e. The number of likely N-dealkylation sites (tertiary alicyclic amines) is 1. The molecule has 24 heavy (non-hydrogen) atoms. The van der Waals surface area contributed by atoms with Gasteiger partial charge in [-0.15, -0.1) is 0 Å². The fraction of sp³-hybridized carbons (Fsp3) is 0.650. The molecular formula is C20H29FN2O. The highest BCUT2D eigenvalue weighted by atomic mass is 19.1. The van der Waals surface area contributed by atoms with Gasteiger partial charge >= 0.3 is 0 Å². The van der Waals surface area contributed by atoms with E-state index < -0.39 is 0 Å². The number of carbonyl (C=O) groups excluding carboxylic acids is 1. The minimum Gasteiger partial charge on any atom is -0.335 e. The van der Waals surface area contributed by atoms with Crippen molar-refractivity contribution in [1.82, 2.24) is 4.90 Å². The van der Waals surface area contributed by atoms with E-state index in [0.717, 1.165) is 31.4 Å². The van der Waals surface area contributed by atoms with Crippen molar-refractivity contribution in [2.45, 2.75) is 57.9 Å². The van der Waals surface area contributed by atoms with Crippen LogP contribution in [0.3, 0.4) is 0 Å². The van der Waals surface area contributed by atoms with Crippen molar-refractivity contribution in [2.24, 2.45) is 17.1 Å². The van der Waals surface area contributed by atoms with E-state index in [1.54, 1.807) is 12.1 Å². The largest absolute Gasteiger partial charge is 0.335 e. The summed E-state index contributed by atoms with van der Waals surface area (Å²) in [7, 11) is 0. The minimum absolute atomic E-state index is 0.00150. The van der Waals surface area contributed by atoms with Gasteiger partial charge < -0.3 is 10.6 Å². The van der Waals surface area contributed by atoms with Crippen molar-refractivity contribution < 1.29 is 9.18 Å². The van der Waals surface area contributed by atoms with Gasteiger partial charge in [0.1, 0.15) is 5.82 Å². The smallest absolute Gasteiger partial charge is 0.223 e. The molecular weight excluding hydrogens is 303 g/mol. The molecule has 1 heterocycles. The van der Waals surface area contributed by atoms with Gasteiger partial charge in [-0.05, 0) is 54.8 Å². The van der Waals surface area contributed by atoms with Gasteiger partial charge in [-0.1, -0.05) is 38.3 Å². The summed E-state index contributed by atoms with van der Waals surface area (Å²) >= 11 is 0. The van der Waals surface area contributed by atoms with E-state index >= 15 is 0 Å². The van der Waals surface area contributed by atoms with Crippen LogP contribution in [0.4, 0.5) is 4.39 Å². The van der Waals surface area contributed by atoms with Crippen molar-refractivity contribution in [2.75, 3.05) is 13.1 Å². The van der Waals surface area contributed by atoms with Crippen LogP contribution in [0.25, 0.3) is 0 Å². The highest BCUT2D eigenvalue weighted by molar-refractivity contribution is 5.78. The summed E-state index contributed by atoms with van der Waals surface area (Å²) in [5, 5.41) is 0. The quantitative estimate of drug-likeness (QED) is 0.904. The van der Waals surface area contributed by atoms with Gasteiger partial charge in [0, 0.05) is 13.0 Å². The summed E-state index contributed by atoms with van der Waals surface area (Å²) in [6, 6.07) is 6.70. The number of nitrogens with zero attached hydrogens (tertiary/aromatic N) is 1. The summed E-state index contributed by atoms with van der Waals surface area (Å²) in [5.74, 6) is 0.411. The van der Waals surface area contributed by atoms with Crippen LogP contribution in [0.5, 0.6) is 0 Å². The molecule has 1 amide bonds. The first-order valence-corrected chi connectivity index (χ1v) is 9.28. The first-order chi connectivity index (χ1) is 11.5. The fourth-order valence-electron chi connectivity index (χ4n) is 4.53. The molecule has 1 aliphatic heterocycles. The van der Waals surface area contributed by atoms with Crippen LogP contribution in [-0.4, -0.2) is 23.9 Å². The number of benzene rings is 1. The van der Waals surface area contributed by atoms with Crippen molar-refractivity contribution in [3.63, 3.8) is 0 Å². The van der Waals surface area contributed by atoms with E-state index in [9.17, 15) is 9.18 Å². The molecule has 1 saturated carbocycles.